The Labute approximate surface area is 168 Å². The highest BCUT2D eigenvalue weighted by Crippen LogP contribution is 2.17. The molecule has 0 aliphatic rings. The molecular weight excluding hydrogens is 363 g/mol. The maximum Gasteiger partial charge on any atom is 0.0805 e. The van der Waals surface area contributed by atoms with Gasteiger partial charge in [0, 0.05) is 26.1 Å². The van der Waals surface area contributed by atoms with E-state index < -0.39 is 0 Å². The molecule has 2 N–H and O–H groups in total. The van der Waals surface area contributed by atoms with Gasteiger partial charge in [0.2, 0.25) is 0 Å². The van der Waals surface area contributed by atoms with Gasteiger partial charge in [-0.15, -0.1) is 0 Å². The summed E-state index contributed by atoms with van der Waals surface area (Å²) in [5.74, 6) is 0. The fourth-order valence-corrected chi connectivity index (χ4v) is 2.53. The van der Waals surface area contributed by atoms with E-state index in [1.54, 1.807) is 0 Å². The van der Waals surface area contributed by atoms with Gasteiger partial charge in [-0.3, -0.25) is 0 Å². The second kappa shape index (κ2) is 15.4. The molecule has 156 valence electrons. The quantitative estimate of drug-likeness (QED) is 0.287. The largest absolute Gasteiger partial charge is 1.00 e. The van der Waals surface area contributed by atoms with E-state index in [2.05, 4.69) is 42.3 Å². The molecule has 0 radical (unpaired) electrons. The summed E-state index contributed by atoms with van der Waals surface area (Å²) in [4.78, 5) is 0. The van der Waals surface area contributed by atoms with Crippen LogP contribution in [0.1, 0.15) is 38.5 Å². The molecule has 2 atom stereocenters. The van der Waals surface area contributed by atoms with E-state index in [4.69, 9.17) is 14.9 Å². The van der Waals surface area contributed by atoms with Crippen molar-refractivity contribution < 1.29 is 48.7 Å². The van der Waals surface area contributed by atoms with Gasteiger partial charge in [0.25, 0.3) is 0 Å². The standard InChI is InChI=1S/C18H42N2O3.2ClH/c1-19(2,3)13-11-17(9-7-15-21)23-18(10-8-16-22)12-14-20(4,5)6;;/h17-18,21-22H,7-16H2,1-6H3;2*1H/q+2;;/p-2. The molecule has 0 heterocycles. The summed E-state index contributed by atoms with van der Waals surface area (Å²) >= 11 is 0. The molecule has 0 amide bonds. The van der Waals surface area contributed by atoms with Crippen LogP contribution in [0.4, 0.5) is 0 Å². The Balaban J connectivity index is -0.00000242. The van der Waals surface area contributed by atoms with Gasteiger partial charge in [0.15, 0.2) is 0 Å². The molecule has 0 bridgehead atoms. The number of ether oxygens (including phenoxy) is 1. The van der Waals surface area contributed by atoms with E-state index in [9.17, 15) is 0 Å². The van der Waals surface area contributed by atoms with Crippen molar-refractivity contribution in [2.45, 2.75) is 50.7 Å². The topological polar surface area (TPSA) is 49.7 Å². The lowest BCUT2D eigenvalue weighted by molar-refractivity contribution is -0.871. The number of hydrogen-bond donors (Lipinski definition) is 2. The average Bonchev–Trinajstić information content (AvgIpc) is 2.42. The summed E-state index contributed by atoms with van der Waals surface area (Å²) in [7, 11) is 13.2. The average molecular weight is 405 g/mol. The molecule has 0 saturated heterocycles. The maximum absolute atomic E-state index is 9.13. The van der Waals surface area contributed by atoms with Crippen molar-refractivity contribution in [2.24, 2.45) is 0 Å². The molecule has 0 fully saturated rings. The maximum atomic E-state index is 9.13. The Hall–Kier alpha value is 0.380. The minimum absolute atomic E-state index is 0. The number of hydrogen-bond acceptors (Lipinski definition) is 3. The molecule has 0 rings (SSSR count). The molecule has 0 aromatic carbocycles. The summed E-state index contributed by atoms with van der Waals surface area (Å²) in [6, 6.07) is 0. The van der Waals surface area contributed by atoms with E-state index in [1.165, 1.54) is 0 Å². The molecule has 7 heteroatoms. The normalized spacial score (nSPS) is 14.4. The molecule has 0 aromatic heterocycles. The predicted molar refractivity (Wildman–Crippen MR) is 96.3 cm³/mol. The number of aliphatic hydroxyl groups is 2. The molecule has 0 aliphatic carbocycles. The van der Waals surface area contributed by atoms with Crippen molar-refractivity contribution in [3.63, 3.8) is 0 Å². The van der Waals surface area contributed by atoms with Crippen LogP contribution in [0.15, 0.2) is 0 Å². The highest BCUT2D eigenvalue weighted by Gasteiger charge is 2.21. The lowest BCUT2D eigenvalue weighted by Gasteiger charge is -2.31. The van der Waals surface area contributed by atoms with Gasteiger partial charge in [0.05, 0.1) is 67.6 Å². The fraction of sp³-hybridized carbons (Fsp3) is 1.00. The van der Waals surface area contributed by atoms with Crippen LogP contribution in [0.3, 0.4) is 0 Å². The third-order valence-corrected chi connectivity index (χ3v) is 4.00. The zero-order chi connectivity index (χ0) is 17.9. The molecular formula is C18H42Cl2N2O3. The second-order valence-electron chi connectivity index (χ2n) is 8.72. The third kappa shape index (κ3) is 20.5. The SMILES string of the molecule is C[N+](C)(C)CCC(CCCO)OC(CCCO)CC[N+](C)(C)C.[Cl-].[Cl-]. The zero-order valence-corrected chi connectivity index (χ0v) is 18.7. The highest BCUT2D eigenvalue weighted by molar-refractivity contribution is 4.65. The van der Waals surface area contributed by atoms with Crippen molar-refractivity contribution in [1.29, 1.82) is 0 Å². The van der Waals surface area contributed by atoms with Crippen molar-refractivity contribution in [1.82, 2.24) is 0 Å². The van der Waals surface area contributed by atoms with Crippen LogP contribution in [0.2, 0.25) is 0 Å². The van der Waals surface area contributed by atoms with Gasteiger partial charge in [-0.05, 0) is 25.7 Å². The van der Waals surface area contributed by atoms with E-state index in [0.717, 1.165) is 60.6 Å². The smallest absolute Gasteiger partial charge is 0.0805 e. The van der Waals surface area contributed by atoms with Crippen LogP contribution < -0.4 is 24.8 Å². The fourth-order valence-electron chi connectivity index (χ4n) is 2.53. The Kier molecular flexibility index (Phi) is 18.6. The van der Waals surface area contributed by atoms with Crippen LogP contribution >= 0.6 is 0 Å². The molecule has 0 saturated carbocycles. The Morgan fingerprint density at radius 1 is 0.640 bits per heavy atom. The summed E-state index contributed by atoms with van der Waals surface area (Å²) in [6.45, 7) is 2.59. The van der Waals surface area contributed by atoms with Crippen LogP contribution in [-0.2, 0) is 4.74 Å². The molecule has 0 spiro atoms. The Morgan fingerprint density at radius 2 is 0.960 bits per heavy atom. The van der Waals surface area contributed by atoms with Crippen molar-refractivity contribution in [3.05, 3.63) is 0 Å². The predicted octanol–water partition coefficient (Wildman–Crippen LogP) is -4.51. The molecule has 5 nitrogen and oxygen atoms in total. The van der Waals surface area contributed by atoms with E-state index in [1.807, 2.05) is 0 Å². The summed E-state index contributed by atoms with van der Waals surface area (Å²) < 4.78 is 8.26. The lowest BCUT2D eigenvalue weighted by Crippen LogP contribution is -3.00. The van der Waals surface area contributed by atoms with Gasteiger partial charge >= 0.3 is 0 Å². The summed E-state index contributed by atoms with van der Waals surface area (Å²) in [5.41, 5.74) is 0. The summed E-state index contributed by atoms with van der Waals surface area (Å²) in [5, 5.41) is 18.3. The first-order valence-corrected chi connectivity index (χ1v) is 9.05. The number of aliphatic hydroxyl groups excluding tert-OH is 2. The van der Waals surface area contributed by atoms with E-state index >= 15 is 0 Å². The number of quaternary nitrogens is 2. The zero-order valence-electron chi connectivity index (χ0n) is 17.2. The molecule has 25 heavy (non-hydrogen) atoms. The lowest BCUT2D eigenvalue weighted by atomic mass is 10.1. The summed E-state index contributed by atoms with van der Waals surface area (Å²) in [6.07, 6.45) is 5.86. The van der Waals surface area contributed by atoms with Gasteiger partial charge < -0.3 is 48.7 Å². The van der Waals surface area contributed by atoms with Crippen molar-refractivity contribution in [3.8, 4) is 0 Å². The van der Waals surface area contributed by atoms with E-state index in [0.29, 0.717) is 0 Å². The van der Waals surface area contributed by atoms with Crippen LogP contribution in [0, 0.1) is 0 Å². The Morgan fingerprint density at radius 3 is 1.20 bits per heavy atom. The third-order valence-electron chi connectivity index (χ3n) is 4.00. The first kappa shape index (κ1) is 30.1. The first-order valence-electron chi connectivity index (χ1n) is 9.05. The van der Waals surface area contributed by atoms with Crippen LogP contribution in [-0.4, -0.2) is 100.0 Å². The molecule has 0 aromatic rings. The van der Waals surface area contributed by atoms with Gasteiger partial charge in [-0.2, -0.15) is 0 Å². The molecule has 2 unspecified atom stereocenters. The van der Waals surface area contributed by atoms with Crippen molar-refractivity contribution >= 4 is 0 Å². The first-order chi connectivity index (χ1) is 10.6. The van der Waals surface area contributed by atoms with E-state index in [-0.39, 0.29) is 50.2 Å². The van der Waals surface area contributed by atoms with Crippen LogP contribution in [0.25, 0.3) is 0 Å². The van der Waals surface area contributed by atoms with Gasteiger partial charge in [-0.25, -0.2) is 0 Å². The van der Waals surface area contributed by atoms with Gasteiger partial charge in [0.1, 0.15) is 0 Å². The monoisotopic (exact) mass is 404 g/mol. The van der Waals surface area contributed by atoms with Crippen LogP contribution in [0.5, 0.6) is 0 Å². The number of nitrogens with zero attached hydrogens (tertiary/aromatic N) is 2. The minimum atomic E-state index is 0. The Bertz CT molecular complexity index is 267. The molecule has 0 aliphatic heterocycles. The van der Waals surface area contributed by atoms with Gasteiger partial charge in [-0.1, -0.05) is 0 Å². The number of halogens is 2. The highest BCUT2D eigenvalue weighted by atomic mass is 35.5. The van der Waals surface area contributed by atoms with Crippen molar-refractivity contribution in [2.75, 3.05) is 68.6 Å². The number of rotatable bonds is 14. The minimum Gasteiger partial charge on any atom is -1.00 e. The second-order valence-corrected chi connectivity index (χ2v) is 8.72.